The number of nitrogens with zero attached hydrogens (tertiary/aromatic N) is 2. The van der Waals surface area contributed by atoms with Gasteiger partial charge in [0, 0.05) is 13.1 Å². The number of nitrogens with one attached hydrogen (secondary N) is 1. The molecule has 0 aromatic heterocycles. The van der Waals surface area contributed by atoms with E-state index in [0.29, 0.717) is 5.41 Å². The molecule has 1 N–H and O–H groups in total. The molecule has 0 radical (unpaired) electrons. The Bertz CT molecular complexity index is 229. The predicted octanol–water partition coefficient (Wildman–Crippen LogP) is 3.46. The van der Waals surface area contributed by atoms with Crippen molar-refractivity contribution in [3.05, 3.63) is 0 Å². The Hall–Kier alpha value is -0.120. The van der Waals surface area contributed by atoms with Gasteiger partial charge in [-0.05, 0) is 63.9 Å². The van der Waals surface area contributed by atoms with Crippen LogP contribution in [0.25, 0.3) is 0 Å². The van der Waals surface area contributed by atoms with Crippen molar-refractivity contribution in [2.75, 3.05) is 52.4 Å². The second-order valence-corrected chi connectivity index (χ2v) is 6.59. The van der Waals surface area contributed by atoms with Crippen molar-refractivity contribution in [2.24, 2.45) is 5.41 Å². The maximum atomic E-state index is 3.61. The van der Waals surface area contributed by atoms with Crippen LogP contribution in [0.2, 0.25) is 0 Å². The fraction of sp³-hybridized carbons (Fsp3) is 1.00. The van der Waals surface area contributed by atoms with Crippen LogP contribution in [0.3, 0.4) is 0 Å². The Morgan fingerprint density at radius 1 is 0.857 bits per heavy atom. The van der Waals surface area contributed by atoms with Crippen molar-refractivity contribution >= 4 is 0 Å². The van der Waals surface area contributed by atoms with Gasteiger partial charge in [-0.1, -0.05) is 41.5 Å². The lowest BCUT2D eigenvalue weighted by Gasteiger charge is -2.35. The van der Waals surface area contributed by atoms with Gasteiger partial charge in [0.15, 0.2) is 0 Å². The topological polar surface area (TPSA) is 18.5 Å². The van der Waals surface area contributed by atoms with E-state index in [1.54, 1.807) is 0 Å². The molecular weight excluding hydrogens is 258 g/mol. The van der Waals surface area contributed by atoms with E-state index in [4.69, 9.17) is 0 Å². The average Bonchev–Trinajstić information content (AvgIpc) is 2.50. The molecule has 0 heterocycles. The van der Waals surface area contributed by atoms with Crippen LogP contribution in [0.1, 0.15) is 60.8 Å². The summed E-state index contributed by atoms with van der Waals surface area (Å²) in [6, 6.07) is 0. The highest BCUT2D eigenvalue weighted by molar-refractivity contribution is 4.79. The Morgan fingerprint density at radius 3 is 1.90 bits per heavy atom. The highest BCUT2D eigenvalue weighted by Gasteiger charge is 2.24. The van der Waals surface area contributed by atoms with Gasteiger partial charge in [-0.25, -0.2) is 0 Å². The van der Waals surface area contributed by atoms with Gasteiger partial charge >= 0.3 is 0 Å². The van der Waals surface area contributed by atoms with E-state index in [2.05, 4.69) is 56.7 Å². The summed E-state index contributed by atoms with van der Waals surface area (Å²) in [6.45, 7) is 23.3. The Morgan fingerprint density at radius 2 is 1.43 bits per heavy atom. The standard InChI is InChI=1S/C18H41N3/c1-7-13-19-16-18(6,8-2)17-21(11-5)15-12-14-20(9-3)10-4/h19H,7-17H2,1-6H3. The van der Waals surface area contributed by atoms with Crippen molar-refractivity contribution < 1.29 is 0 Å². The minimum Gasteiger partial charge on any atom is -0.316 e. The molecule has 128 valence electrons. The Kier molecular flexibility index (Phi) is 12.4. The molecule has 0 fully saturated rings. The van der Waals surface area contributed by atoms with Crippen molar-refractivity contribution in [3.8, 4) is 0 Å². The van der Waals surface area contributed by atoms with E-state index in [1.807, 2.05) is 0 Å². The van der Waals surface area contributed by atoms with E-state index in [0.717, 1.165) is 13.1 Å². The van der Waals surface area contributed by atoms with E-state index >= 15 is 0 Å². The first kappa shape index (κ1) is 20.9. The first-order valence-corrected chi connectivity index (χ1v) is 9.20. The average molecular weight is 300 g/mol. The van der Waals surface area contributed by atoms with Crippen LogP contribution in [-0.2, 0) is 0 Å². The minimum absolute atomic E-state index is 0.403. The van der Waals surface area contributed by atoms with Gasteiger partial charge in [-0.2, -0.15) is 0 Å². The van der Waals surface area contributed by atoms with E-state index in [-0.39, 0.29) is 0 Å². The predicted molar refractivity (Wildman–Crippen MR) is 96.1 cm³/mol. The van der Waals surface area contributed by atoms with Crippen LogP contribution in [0, 0.1) is 5.41 Å². The van der Waals surface area contributed by atoms with Crippen molar-refractivity contribution in [3.63, 3.8) is 0 Å². The third kappa shape index (κ3) is 9.49. The molecule has 21 heavy (non-hydrogen) atoms. The molecule has 0 saturated heterocycles. The first-order chi connectivity index (χ1) is 10.0. The Balaban J connectivity index is 4.18. The van der Waals surface area contributed by atoms with Gasteiger partial charge in [0.2, 0.25) is 0 Å². The molecule has 3 nitrogen and oxygen atoms in total. The van der Waals surface area contributed by atoms with Crippen LogP contribution in [0.4, 0.5) is 0 Å². The second kappa shape index (κ2) is 12.4. The zero-order valence-corrected chi connectivity index (χ0v) is 15.7. The van der Waals surface area contributed by atoms with Gasteiger partial charge in [0.1, 0.15) is 0 Å². The van der Waals surface area contributed by atoms with Crippen LogP contribution >= 0.6 is 0 Å². The highest BCUT2D eigenvalue weighted by Crippen LogP contribution is 2.21. The summed E-state index contributed by atoms with van der Waals surface area (Å²) < 4.78 is 0. The highest BCUT2D eigenvalue weighted by atomic mass is 15.1. The van der Waals surface area contributed by atoms with Gasteiger partial charge in [-0.3, -0.25) is 0 Å². The summed E-state index contributed by atoms with van der Waals surface area (Å²) in [5, 5.41) is 3.61. The molecule has 0 amide bonds. The third-order valence-corrected chi connectivity index (χ3v) is 4.73. The molecule has 0 aliphatic rings. The second-order valence-electron chi connectivity index (χ2n) is 6.59. The molecule has 1 unspecified atom stereocenters. The van der Waals surface area contributed by atoms with E-state index in [9.17, 15) is 0 Å². The van der Waals surface area contributed by atoms with Crippen LogP contribution in [-0.4, -0.2) is 62.2 Å². The molecule has 0 aliphatic carbocycles. The van der Waals surface area contributed by atoms with Crippen LogP contribution in [0.5, 0.6) is 0 Å². The van der Waals surface area contributed by atoms with Crippen molar-refractivity contribution in [2.45, 2.75) is 60.8 Å². The van der Waals surface area contributed by atoms with Crippen LogP contribution in [0.15, 0.2) is 0 Å². The number of rotatable bonds is 14. The summed E-state index contributed by atoms with van der Waals surface area (Å²) in [6.07, 6.45) is 3.76. The summed E-state index contributed by atoms with van der Waals surface area (Å²) in [5.74, 6) is 0. The SMILES string of the molecule is CCCNCC(C)(CC)CN(CC)CCCN(CC)CC. The van der Waals surface area contributed by atoms with Crippen molar-refractivity contribution in [1.29, 1.82) is 0 Å². The number of hydrogen-bond acceptors (Lipinski definition) is 3. The number of hydrogen-bond donors (Lipinski definition) is 1. The lowest BCUT2D eigenvalue weighted by atomic mass is 9.86. The monoisotopic (exact) mass is 299 g/mol. The Labute approximate surface area is 134 Å². The molecule has 0 aromatic carbocycles. The molecule has 0 rings (SSSR count). The molecular formula is C18H41N3. The zero-order chi connectivity index (χ0) is 16.1. The summed E-state index contributed by atoms with van der Waals surface area (Å²) in [5.41, 5.74) is 0.403. The maximum absolute atomic E-state index is 3.61. The fourth-order valence-electron chi connectivity index (χ4n) is 2.81. The molecule has 0 aromatic rings. The summed E-state index contributed by atoms with van der Waals surface area (Å²) in [4.78, 5) is 5.16. The maximum Gasteiger partial charge on any atom is 0.00473 e. The van der Waals surface area contributed by atoms with E-state index < -0.39 is 0 Å². The largest absolute Gasteiger partial charge is 0.316 e. The van der Waals surface area contributed by atoms with Gasteiger partial charge in [0.05, 0.1) is 0 Å². The van der Waals surface area contributed by atoms with Gasteiger partial charge < -0.3 is 15.1 Å². The lowest BCUT2D eigenvalue weighted by molar-refractivity contribution is 0.153. The zero-order valence-electron chi connectivity index (χ0n) is 15.7. The smallest absolute Gasteiger partial charge is 0.00473 e. The molecule has 0 saturated carbocycles. The third-order valence-electron chi connectivity index (χ3n) is 4.73. The molecule has 0 aliphatic heterocycles. The molecule has 1 atom stereocenters. The van der Waals surface area contributed by atoms with Crippen molar-refractivity contribution in [1.82, 2.24) is 15.1 Å². The lowest BCUT2D eigenvalue weighted by Crippen LogP contribution is -2.43. The van der Waals surface area contributed by atoms with E-state index in [1.165, 1.54) is 58.5 Å². The van der Waals surface area contributed by atoms with Gasteiger partial charge in [-0.15, -0.1) is 0 Å². The quantitative estimate of drug-likeness (QED) is 0.496. The molecule has 0 bridgehead atoms. The fourth-order valence-corrected chi connectivity index (χ4v) is 2.81. The normalized spacial score (nSPS) is 14.9. The minimum atomic E-state index is 0.403. The molecule has 3 heteroatoms. The van der Waals surface area contributed by atoms with Gasteiger partial charge in [0.25, 0.3) is 0 Å². The van der Waals surface area contributed by atoms with Crippen LogP contribution < -0.4 is 5.32 Å². The first-order valence-electron chi connectivity index (χ1n) is 9.20. The molecule has 0 spiro atoms. The summed E-state index contributed by atoms with van der Waals surface area (Å²) >= 11 is 0. The summed E-state index contributed by atoms with van der Waals surface area (Å²) in [7, 11) is 0.